The van der Waals surface area contributed by atoms with Crippen LogP contribution in [-0.2, 0) is 16.6 Å². The van der Waals surface area contributed by atoms with Gasteiger partial charge >= 0.3 is 0 Å². The lowest BCUT2D eigenvalue weighted by atomic mass is 10.1. The van der Waals surface area contributed by atoms with E-state index in [1.807, 2.05) is 49.4 Å². The molecule has 0 spiro atoms. The molecule has 0 unspecified atom stereocenters. The Balaban J connectivity index is 1.30. The topological polar surface area (TPSA) is 76.4 Å². The highest BCUT2D eigenvalue weighted by molar-refractivity contribution is 7.89. The molecule has 0 aliphatic carbocycles. The smallest absolute Gasteiger partial charge is 0.246 e. The van der Waals surface area contributed by atoms with Gasteiger partial charge in [-0.15, -0.1) is 0 Å². The molecular formula is C33H33FN4O4S. The Labute approximate surface area is 251 Å². The van der Waals surface area contributed by atoms with Crippen LogP contribution in [0.4, 0.5) is 4.39 Å². The van der Waals surface area contributed by atoms with Crippen LogP contribution in [0.5, 0.6) is 11.5 Å². The van der Waals surface area contributed by atoms with E-state index in [1.54, 1.807) is 0 Å². The van der Waals surface area contributed by atoms with Gasteiger partial charge in [-0.25, -0.2) is 17.8 Å². The third kappa shape index (κ3) is 5.86. The van der Waals surface area contributed by atoms with E-state index in [4.69, 9.17) is 14.5 Å². The van der Waals surface area contributed by atoms with E-state index in [-0.39, 0.29) is 10.6 Å². The number of hydrogen-bond donors (Lipinski definition) is 0. The van der Waals surface area contributed by atoms with Crippen LogP contribution >= 0.6 is 0 Å². The Bertz CT molecular complexity index is 1850. The van der Waals surface area contributed by atoms with Crippen molar-refractivity contribution >= 4 is 15.7 Å². The van der Waals surface area contributed by atoms with Crippen LogP contribution < -0.4 is 9.47 Å². The average Bonchev–Trinajstić information content (AvgIpc) is 3.39. The molecule has 0 saturated carbocycles. The van der Waals surface area contributed by atoms with Crippen LogP contribution in [0.1, 0.15) is 12.6 Å². The first-order chi connectivity index (χ1) is 20.9. The van der Waals surface area contributed by atoms with Crippen LogP contribution in [-0.4, -0.2) is 66.9 Å². The highest BCUT2D eigenvalue weighted by Crippen LogP contribution is 2.31. The molecule has 1 aliphatic heterocycles. The number of sulfonamides is 1. The fraction of sp³-hybridized carbons (Fsp3) is 0.242. The van der Waals surface area contributed by atoms with Gasteiger partial charge in [-0.1, -0.05) is 42.5 Å². The van der Waals surface area contributed by atoms with Crippen LogP contribution in [0.2, 0.25) is 0 Å². The predicted octanol–water partition coefficient (Wildman–Crippen LogP) is 5.72. The van der Waals surface area contributed by atoms with Gasteiger partial charge in [0.15, 0.2) is 0 Å². The number of methoxy groups -OCH3 is 1. The normalized spacial score (nSPS) is 14.7. The summed E-state index contributed by atoms with van der Waals surface area (Å²) in [4.78, 5) is 7.22. The zero-order valence-electron chi connectivity index (χ0n) is 24.1. The molecule has 1 fully saturated rings. The van der Waals surface area contributed by atoms with Gasteiger partial charge in [-0.05, 0) is 54.4 Å². The van der Waals surface area contributed by atoms with E-state index in [1.165, 1.54) is 17.5 Å². The van der Waals surface area contributed by atoms with Crippen LogP contribution in [0.15, 0.2) is 96.0 Å². The van der Waals surface area contributed by atoms with Gasteiger partial charge in [0.25, 0.3) is 0 Å². The van der Waals surface area contributed by atoms with Crippen molar-refractivity contribution in [3.63, 3.8) is 0 Å². The van der Waals surface area contributed by atoms with E-state index in [2.05, 4.69) is 39.8 Å². The first-order valence-corrected chi connectivity index (χ1v) is 15.7. The number of pyridine rings is 1. The maximum absolute atomic E-state index is 13.7. The summed E-state index contributed by atoms with van der Waals surface area (Å²) in [7, 11) is -2.51. The molecule has 3 aromatic carbocycles. The molecule has 1 saturated heterocycles. The maximum atomic E-state index is 13.7. The number of fused-ring (bicyclic) bond motifs is 1. The van der Waals surface area contributed by atoms with Gasteiger partial charge in [0, 0.05) is 50.6 Å². The Hall–Kier alpha value is -4.25. The Kier molecular flexibility index (Phi) is 8.16. The van der Waals surface area contributed by atoms with Crippen molar-refractivity contribution in [1.82, 2.24) is 18.6 Å². The lowest BCUT2D eigenvalue weighted by Crippen LogP contribution is -2.48. The second-order valence-electron chi connectivity index (χ2n) is 10.4. The Morgan fingerprint density at radius 2 is 1.63 bits per heavy atom. The number of ether oxygens (including phenoxy) is 2. The zero-order chi connectivity index (χ0) is 30.0. The largest absolute Gasteiger partial charge is 0.495 e. The summed E-state index contributed by atoms with van der Waals surface area (Å²) in [5.74, 6) is 0.276. The first-order valence-electron chi connectivity index (χ1n) is 14.2. The zero-order valence-corrected chi connectivity index (χ0v) is 24.9. The summed E-state index contributed by atoms with van der Waals surface area (Å²) in [5, 5.41) is 0. The number of imidazole rings is 1. The molecule has 5 aromatic rings. The van der Waals surface area contributed by atoms with E-state index in [0.29, 0.717) is 39.3 Å². The molecule has 0 atom stereocenters. The molecule has 3 heterocycles. The quantitative estimate of drug-likeness (QED) is 0.215. The van der Waals surface area contributed by atoms with E-state index < -0.39 is 15.8 Å². The van der Waals surface area contributed by atoms with Gasteiger partial charge in [0.2, 0.25) is 10.0 Å². The number of nitrogens with zero attached hydrogens (tertiary/aromatic N) is 4. The standard InChI is InChI=1S/C33H33FN4O4S/c1-3-42-28-11-7-10-25(20-28)26-12-15-32-35-33(24-8-5-4-6-9-24)29(38(32)22-26)23-36-16-18-37(19-17-36)43(39,40)31-14-13-27(34)21-30(31)41-2/h4-15,20-22H,3,16-19,23H2,1-2H3. The van der Waals surface area contributed by atoms with Crippen LogP contribution in [0.25, 0.3) is 28.0 Å². The molecule has 222 valence electrons. The Morgan fingerprint density at radius 1 is 0.860 bits per heavy atom. The van der Waals surface area contributed by atoms with Crippen molar-refractivity contribution in [3.05, 3.63) is 103 Å². The van der Waals surface area contributed by atoms with Crippen molar-refractivity contribution in [1.29, 1.82) is 0 Å². The van der Waals surface area contributed by atoms with Crippen molar-refractivity contribution in [2.45, 2.75) is 18.4 Å². The maximum Gasteiger partial charge on any atom is 0.246 e. The molecule has 43 heavy (non-hydrogen) atoms. The third-order valence-electron chi connectivity index (χ3n) is 7.69. The summed E-state index contributed by atoms with van der Waals surface area (Å²) in [6.07, 6.45) is 2.11. The molecule has 8 nitrogen and oxygen atoms in total. The highest BCUT2D eigenvalue weighted by atomic mass is 32.2. The van der Waals surface area contributed by atoms with E-state index in [9.17, 15) is 12.8 Å². The van der Waals surface area contributed by atoms with Crippen LogP contribution in [0.3, 0.4) is 0 Å². The number of rotatable bonds is 9. The minimum atomic E-state index is -3.85. The average molecular weight is 601 g/mol. The van der Waals surface area contributed by atoms with E-state index in [0.717, 1.165) is 51.6 Å². The van der Waals surface area contributed by atoms with Gasteiger partial charge < -0.3 is 13.9 Å². The minimum absolute atomic E-state index is 0.00302. The Morgan fingerprint density at radius 3 is 2.37 bits per heavy atom. The molecule has 0 amide bonds. The molecule has 10 heteroatoms. The van der Waals surface area contributed by atoms with Crippen molar-refractivity contribution in [2.24, 2.45) is 0 Å². The molecule has 0 bridgehead atoms. The summed E-state index contributed by atoms with van der Waals surface area (Å²) >= 11 is 0. The summed E-state index contributed by atoms with van der Waals surface area (Å²) < 4.78 is 55.1. The van der Waals surface area contributed by atoms with Crippen molar-refractivity contribution in [2.75, 3.05) is 39.9 Å². The van der Waals surface area contributed by atoms with Crippen molar-refractivity contribution in [3.8, 4) is 33.9 Å². The van der Waals surface area contributed by atoms with Gasteiger partial charge in [0.1, 0.15) is 27.9 Å². The number of halogens is 1. The molecule has 2 aromatic heterocycles. The fourth-order valence-electron chi connectivity index (χ4n) is 5.51. The molecule has 1 aliphatic rings. The number of benzene rings is 3. The molecule has 0 radical (unpaired) electrons. The van der Waals surface area contributed by atoms with Gasteiger partial charge in [0.05, 0.1) is 25.1 Å². The first kappa shape index (κ1) is 28.9. The van der Waals surface area contributed by atoms with Gasteiger partial charge in [-0.3, -0.25) is 4.90 Å². The van der Waals surface area contributed by atoms with Gasteiger partial charge in [-0.2, -0.15) is 4.31 Å². The highest BCUT2D eigenvalue weighted by Gasteiger charge is 2.31. The van der Waals surface area contributed by atoms with E-state index >= 15 is 0 Å². The second-order valence-corrected chi connectivity index (χ2v) is 12.3. The summed E-state index contributed by atoms with van der Waals surface area (Å²) in [5.41, 5.74) is 5.86. The fourth-order valence-corrected chi connectivity index (χ4v) is 7.07. The molecule has 0 N–H and O–H groups in total. The number of hydrogen-bond acceptors (Lipinski definition) is 6. The van der Waals surface area contributed by atoms with Crippen molar-refractivity contribution < 1.29 is 22.3 Å². The summed E-state index contributed by atoms with van der Waals surface area (Å²) in [6.45, 7) is 4.81. The lowest BCUT2D eigenvalue weighted by Gasteiger charge is -2.34. The lowest BCUT2D eigenvalue weighted by molar-refractivity contribution is 0.179. The molecule has 6 rings (SSSR count). The number of aromatic nitrogens is 2. The second kappa shape index (κ2) is 12.2. The minimum Gasteiger partial charge on any atom is -0.495 e. The SMILES string of the molecule is CCOc1cccc(-c2ccc3nc(-c4ccccc4)c(CN4CCN(S(=O)(=O)c5ccc(F)cc5OC)CC4)n3c2)c1. The number of piperazine rings is 1. The monoisotopic (exact) mass is 600 g/mol. The molecular weight excluding hydrogens is 567 g/mol. The third-order valence-corrected chi connectivity index (χ3v) is 9.63. The van der Waals surface area contributed by atoms with Crippen LogP contribution in [0, 0.1) is 5.82 Å². The predicted molar refractivity (Wildman–Crippen MR) is 164 cm³/mol. The summed E-state index contributed by atoms with van der Waals surface area (Å²) in [6, 6.07) is 25.7.